The van der Waals surface area contributed by atoms with Crippen molar-refractivity contribution >= 4 is 11.9 Å². The van der Waals surface area contributed by atoms with E-state index in [9.17, 15) is 9.59 Å². The lowest BCUT2D eigenvalue weighted by atomic mass is 10.5. The summed E-state index contributed by atoms with van der Waals surface area (Å²) in [6, 6.07) is -0.867. The molecule has 4 N–H and O–H groups in total. The second-order valence-electron chi connectivity index (χ2n) is 2.88. The van der Waals surface area contributed by atoms with Gasteiger partial charge < -0.3 is 10.2 Å². The fraction of sp³-hybridized carbons (Fsp3) is 0.375. The Hall–Kier alpha value is -1.89. The van der Waals surface area contributed by atoms with Crippen LogP contribution in [0.3, 0.4) is 0 Å². The van der Waals surface area contributed by atoms with E-state index >= 15 is 0 Å². The number of amides is 3. The molecule has 0 aliphatic rings. The third-order valence-electron chi connectivity index (χ3n) is 1.49. The Kier molecular flexibility index (Phi) is 3.81. The number of nitrogens with one attached hydrogen (secondary N) is 2. The molecule has 1 aromatic rings. The molecule has 0 saturated heterocycles. The minimum atomic E-state index is -0.867. The SMILES string of the molecule is Cc1cnc(CNCC(=O)NC(N)=O)o1. The van der Waals surface area contributed by atoms with Crippen LogP contribution in [-0.4, -0.2) is 23.5 Å². The summed E-state index contributed by atoms with van der Waals surface area (Å²) in [5, 5.41) is 4.66. The molecule has 82 valence electrons. The van der Waals surface area contributed by atoms with Crippen molar-refractivity contribution in [3.05, 3.63) is 17.8 Å². The van der Waals surface area contributed by atoms with Crippen molar-refractivity contribution in [1.29, 1.82) is 0 Å². The lowest BCUT2D eigenvalue weighted by molar-refractivity contribution is -0.119. The Morgan fingerprint density at radius 3 is 2.87 bits per heavy atom. The number of imide groups is 1. The highest BCUT2D eigenvalue weighted by molar-refractivity contribution is 5.94. The van der Waals surface area contributed by atoms with Gasteiger partial charge >= 0.3 is 6.03 Å². The highest BCUT2D eigenvalue weighted by Crippen LogP contribution is 1.99. The number of aromatic nitrogens is 1. The first kappa shape index (κ1) is 11.2. The number of aryl methyl sites for hydroxylation is 1. The summed E-state index contributed by atoms with van der Waals surface area (Å²) in [5.74, 6) is 0.693. The second-order valence-corrected chi connectivity index (χ2v) is 2.88. The molecule has 7 heteroatoms. The highest BCUT2D eigenvalue weighted by atomic mass is 16.4. The molecule has 1 aromatic heterocycles. The number of nitrogens with two attached hydrogens (primary N) is 1. The standard InChI is InChI=1S/C8H12N4O3/c1-5-2-11-7(15-5)4-10-3-6(13)12-8(9)14/h2,10H,3-4H2,1H3,(H3,9,12,13,14). The molecule has 0 atom stereocenters. The van der Waals surface area contributed by atoms with Crippen LogP contribution in [0.25, 0.3) is 0 Å². The monoisotopic (exact) mass is 212 g/mol. The van der Waals surface area contributed by atoms with Crippen molar-refractivity contribution < 1.29 is 14.0 Å². The topological polar surface area (TPSA) is 110 Å². The lowest BCUT2D eigenvalue weighted by Gasteiger charge is -2.01. The zero-order chi connectivity index (χ0) is 11.3. The molecule has 3 amide bonds. The Bertz CT molecular complexity index is 361. The Balaban J connectivity index is 2.22. The highest BCUT2D eigenvalue weighted by Gasteiger charge is 2.04. The Morgan fingerprint density at radius 1 is 1.60 bits per heavy atom. The molecular weight excluding hydrogens is 200 g/mol. The van der Waals surface area contributed by atoms with Crippen LogP contribution in [0.15, 0.2) is 10.6 Å². The summed E-state index contributed by atoms with van der Waals surface area (Å²) < 4.78 is 5.15. The molecule has 1 rings (SSSR count). The Morgan fingerprint density at radius 2 is 2.33 bits per heavy atom. The number of carbonyl (C=O) groups excluding carboxylic acids is 2. The summed E-state index contributed by atoms with van der Waals surface area (Å²) in [5.41, 5.74) is 4.75. The smallest absolute Gasteiger partial charge is 0.318 e. The number of carbonyl (C=O) groups is 2. The molecule has 0 unspecified atom stereocenters. The number of nitrogens with zero attached hydrogens (tertiary/aromatic N) is 1. The second kappa shape index (κ2) is 5.11. The molecule has 0 bridgehead atoms. The van der Waals surface area contributed by atoms with E-state index in [-0.39, 0.29) is 6.54 Å². The number of hydrogen-bond acceptors (Lipinski definition) is 5. The number of hydrogen-bond donors (Lipinski definition) is 3. The van der Waals surface area contributed by atoms with Gasteiger partial charge in [-0.3, -0.25) is 15.4 Å². The Labute approximate surface area is 86.0 Å². The van der Waals surface area contributed by atoms with Crippen molar-refractivity contribution in [1.82, 2.24) is 15.6 Å². The maximum Gasteiger partial charge on any atom is 0.318 e. The molecule has 7 nitrogen and oxygen atoms in total. The fourth-order valence-corrected chi connectivity index (χ4v) is 0.948. The van der Waals surface area contributed by atoms with Gasteiger partial charge in [0.1, 0.15) is 5.76 Å². The van der Waals surface area contributed by atoms with E-state index in [0.717, 1.165) is 0 Å². The van der Waals surface area contributed by atoms with Crippen LogP contribution >= 0.6 is 0 Å². The van der Waals surface area contributed by atoms with Gasteiger partial charge in [0.15, 0.2) is 0 Å². The first-order valence-corrected chi connectivity index (χ1v) is 4.29. The van der Waals surface area contributed by atoms with Gasteiger partial charge in [-0.05, 0) is 6.92 Å². The van der Waals surface area contributed by atoms with Gasteiger partial charge in [0, 0.05) is 0 Å². The average Bonchev–Trinajstić information content (AvgIpc) is 2.50. The third kappa shape index (κ3) is 4.23. The van der Waals surface area contributed by atoms with E-state index in [1.807, 2.05) is 5.32 Å². The largest absolute Gasteiger partial charge is 0.445 e. The van der Waals surface area contributed by atoms with E-state index in [4.69, 9.17) is 10.2 Å². The number of urea groups is 1. The third-order valence-corrected chi connectivity index (χ3v) is 1.49. The fourth-order valence-electron chi connectivity index (χ4n) is 0.948. The van der Waals surface area contributed by atoms with Crippen LogP contribution in [0.1, 0.15) is 11.7 Å². The van der Waals surface area contributed by atoms with Gasteiger partial charge in [0.05, 0.1) is 19.3 Å². The molecular formula is C8H12N4O3. The van der Waals surface area contributed by atoms with Crippen molar-refractivity contribution in [2.75, 3.05) is 6.54 Å². The number of oxazole rings is 1. The van der Waals surface area contributed by atoms with E-state index in [1.54, 1.807) is 13.1 Å². The van der Waals surface area contributed by atoms with Crippen LogP contribution in [-0.2, 0) is 11.3 Å². The van der Waals surface area contributed by atoms with E-state index in [2.05, 4.69) is 10.3 Å². The minimum Gasteiger partial charge on any atom is -0.445 e. The predicted molar refractivity (Wildman–Crippen MR) is 50.7 cm³/mol. The van der Waals surface area contributed by atoms with Crippen molar-refractivity contribution in [3.8, 4) is 0 Å². The van der Waals surface area contributed by atoms with Crippen LogP contribution in [0, 0.1) is 6.92 Å². The quantitative estimate of drug-likeness (QED) is 0.609. The van der Waals surface area contributed by atoms with Crippen LogP contribution in [0.2, 0.25) is 0 Å². The maximum absolute atomic E-state index is 10.9. The summed E-state index contributed by atoms with van der Waals surface area (Å²) in [7, 11) is 0. The number of rotatable bonds is 4. The molecule has 0 aromatic carbocycles. The summed E-state index contributed by atoms with van der Waals surface area (Å²) in [6.07, 6.45) is 1.58. The molecule has 1 heterocycles. The van der Waals surface area contributed by atoms with Gasteiger partial charge in [0.2, 0.25) is 11.8 Å². The maximum atomic E-state index is 10.9. The van der Waals surface area contributed by atoms with Crippen molar-refractivity contribution in [2.45, 2.75) is 13.5 Å². The van der Waals surface area contributed by atoms with Crippen LogP contribution in [0.4, 0.5) is 4.79 Å². The van der Waals surface area contributed by atoms with Gasteiger partial charge in [-0.1, -0.05) is 0 Å². The first-order valence-electron chi connectivity index (χ1n) is 4.29. The average molecular weight is 212 g/mol. The van der Waals surface area contributed by atoms with Gasteiger partial charge in [-0.2, -0.15) is 0 Å². The molecule has 15 heavy (non-hydrogen) atoms. The van der Waals surface area contributed by atoms with Gasteiger partial charge in [-0.25, -0.2) is 9.78 Å². The first-order chi connectivity index (χ1) is 7.08. The van der Waals surface area contributed by atoms with Crippen LogP contribution in [0.5, 0.6) is 0 Å². The zero-order valence-electron chi connectivity index (χ0n) is 8.24. The van der Waals surface area contributed by atoms with E-state index < -0.39 is 11.9 Å². The summed E-state index contributed by atoms with van der Waals surface area (Å²) in [4.78, 5) is 25.1. The molecule has 0 aliphatic heterocycles. The minimum absolute atomic E-state index is 0.0234. The number of primary amides is 1. The van der Waals surface area contributed by atoms with Gasteiger partial charge in [-0.15, -0.1) is 0 Å². The predicted octanol–water partition coefficient (Wildman–Crippen LogP) is -0.732. The van der Waals surface area contributed by atoms with Crippen molar-refractivity contribution in [2.24, 2.45) is 5.73 Å². The normalized spacial score (nSPS) is 9.93. The van der Waals surface area contributed by atoms with E-state index in [0.29, 0.717) is 18.2 Å². The summed E-state index contributed by atoms with van der Waals surface area (Å²) >= 11 is 0. The summed E-state index contributed by atoms with van der Waals surface area (Å²) in [6.45, 7) is 2.07. The molecule has 0 aliphatic carbocycles. The van der Waals surface area contributed by atoms with Crippen molar-refractivity contribution in [3.63, 3.8) is 0 Å². The molecule has 0 radical (unpaired) electrons. The lowest BCUT2D eigenvalue weighted by Crippen LogP contribution is -2.40. The van der Waals surface area contributed by atoms with Crippen LogP contribution < -0.4 is 16.4 Å². The molecule has 0 spiro atoms. The van der Waals surface area contributed by atoms with Gasteiger partial charge in [0.25, 0.3) is 0 Å². The zero-order valence-corrected chi connectivity index (χ0v) is 8.24. The molecule has 0 saturated carbocycles. The van der Waals surface area contributed by atoms with E-state index in [1.165, 1.54) is 0 Å². The molecule has 0 fully saturated rings.